The Kier molecular flexibility index (Phi) is 7.27. The number of amides is 1. The molecule has 1 atom stereocenters. The molecule has 2 heterocycles. The highest BCUT2D eigenvalue weighted by molar-refractivity contribution is 6.30. The Morgan fingerprint density at radius 3 is 2.58 bits per heavy atom. The molecule has 0 fully saturated rings. The first-order chi connectivity index (χ1) is 16.1. The quantitative estimate of drug-likeness (QED) is 0.511. The maximum absolute atomic E-state index is 15.4. The summed E-state index contributed by atoms with van der Waals surface area (Å²) in [6, 6.07) is 19.0. The Hall–Kier alpha value is -3.35. The average Bonchev–Trinajstić information content (AvgIpc) is 3.21. The lowest BCUT2D eigenvalue weighted by Gasteiger charge is -2.19. The summed E-state index contributed by atoms with van der Waals surface area (Å²) in [6.07, 6.45) is 2.54. The minimum Gasteiger partial charge on any atom is -0.396 e. The molecule has 2 aromatic carbocycles. The van der Waals surface area contributed by atoms with Crippen LogP contribution in [0.5, 0.6) is 0 Å². The Morgan fingerprint density at radius 2 is 1.85 bits per heavy atom. The fraction of sp³-hybridized carbons (Fsp3) is 0.192. The Bertz CT molecular complexity index is 1190. The van der Waals surface area contributed by atoms with Gasteiger partial charge in [0.1, 0.15) is 5.71 Å². The van der Waals surface area contributed by atoms with E-state index in [4.69, 9.17) is 11.6 Å². The summed E-state index contributed by atoms with van der Waals surface area (Å²) in [5.74, 6) is -0.798. The van der Waals surface area contributed by atoms with Crippen molar-refractivity contribution in [2.24, 2.45) is 4.99 Å². The number of pyridine rings is 1. The number of carbonyl (C=O) groups is 1. The zero-order chi connectivity index (χ0) is 23.2. The second-order valence-electron chi connectivity index (χ2n) is 7.72. The molecule has 168 valence electrons. The van der Waals surface area contributed by atoms with E-state index in [-0.39, 0.29) is 30.8 Å². The van der Waals surface area contributed by atoms with Gasteiger partial charge in [0, 0.05) is 52.7 Å². The van der Waals surface area contributed by atoms with Crippen molar-refractivity contribution in [3.63, 3.8) is 0 Å². The zero-order valence-electron chi connectivity index (χ0n) is 17.8. The topological polar surface area (TPSA) is 74.6 Å². The maximum atomic E-state index is 15.4. The van der Waals surface area contributed by atoms with Crippen LogP contribution in [0.25, 0.3) is 5.57 Å². The van der Waals surface area contributed by atoms with E-state index < -0.39 is 5.83 Å². The van der Waals surface area contributed by atoms with Crippen LogP contribution in [0.2, 0.25) is 5.02 Å². The molecule has 1 aliphatic rings. The predicted molar refractivity (Wildman–Crippen MR) is 128 cm³/mol. The van der Waals surface area contributed by atoms with Crippen molar-refractivity contribution < 1.29 is 14.3 Å². The standard InChI is InChI=1S/C26H23ClFN3O2/c27-18-10-8-17(9-11-18)23-16-30-25(24(23)28)21-6-1-2-7-22(21)26(33)31-20(12-14-32)15-19-5-3-4-13-29-19/h1-11,13,20,32H,12,14-16H2,(H,31,33)/t20-/m0/s1. The summed E-state index contributed by atoms with van der Waals surface area (Å²) in [5.41, 5.74) is 2.89. The van der Waals surface area contributed by atoms with Crippen LogP contribution in [0.1, 0.15) is 33.6 Å². The van der Waals surface area contributed by atoms with Crippen molar-refractivity contribution in [1.29, 1.82) is 0 Å². The van der Waals surface area contributed by atoms with E-state index >= 15 is 4.39 Å². The summed E-state index contributed by atoms with van der Waals surface area (Å²) >= 11 is 5.95. The smallest absolute Gasteiger partial charge is 0.252 e. The highest BCUT2D eigenvalue weighted by atomic mass is 35.5. The molecule has 0 unspecified atom stereocenters. The fourth-order valence-corrected chi connectivity index (χ4v) is 3.94. The van der Waals surface area contributed by atoms with Crippen molar-refractivity contribution in [2.75, 3.05) is 13.2 Å². The van der Waals surface area contributed by atoms with Crippen molar-refractivity contribution >= 4 is 28.8 Å². The first kappa shape index (κ1) is 22.8. The zero-order valence-corrected chi connectivity index (χ0v) is 18.6. The van der Waals surface area contributed by atoms with Gasteiger partial charge in [0.15, 0.2) is 5.83 Å². The molecule has 0 radical (unpaired) electrons. The summed E-state index contributed by atoms with van der Waals surface area (Å²) < 4.78 is 15.4. The highest BCUT2D eigenvalue weighted by Gasteiger charge is 2.26. The molecule has 7 heteroatoms. The Balaban J connectivity index is 1.58. The van der Waals surface area contributed by atoms with Crippen LogP contribution >= 0.6 is 11.6 Å². The van der Waals surface area contributed by atoms with Gasteiger partial charge < -0.3 is 10.4 Å². The fourth-order valence-electron chi connectivity index (χ4n) is 3.82. The highest BCUT2D eigenvalue weighted by Crippen LogP contribution is 2.30. The van der Waals surface area contributed by atoms with E-state index in [2.05, 4.69) is 15.3 Å². The van der Waals surface area contributed by atoms with Gasteiger partial charge in [-0.25, -0.2) is 4.39 Å². The van der Waals surface area contributed by atoms with Crippen LogP contribution in [0.15, 0.2) is 83.7 Å². The van der Waals surface area contributed by atoms with Gasteiger partial charge in [-0.1, -0.05) is 48.0 Å². The third-order valence-electron chi connectivity index (χ3n) is 5.48. The molecule has 1 aliphatic heterocycles. The normalized spacial score (nSPS) is 14.2. The molecule has 4 rings (SSSR count). The minimum atomic E-state index is -0.446. The predicted octanol–water partition coefficient (Wildman–Crippen LogP) is 4.64. The molecular weight excluding hydrogens is 441 g/mol. The molecule has 2 N–H and O–H groups in total. The molecule has 0 aliphatic carbocycles. The second kappa shape index (κ2) is 10.5. The second-order valence-corrected chi connectivity index (χ2v) is 8.15. The number of rotatable bonds is 8. The van der Waals surface area contributed by atoms with Crippen LogP contribution in [0.3, 0.4) is 0 Å². The van der Waals surface area contributed by atoms with Gasteiger partial charge in [0.05, 0.1) is 6.54 Å². The van der Waals surface area contributed by atoms with E-state index in [1.54, 1.807) is 54.7 Å². The number of aromatic nitrogens is 1. The van der Waals surface area contributed by atoms with E-state index in [0.717, 1.165) is 5.69 Å². The number of aliphatic hydroxyl groups is 1. The van der Waals surface area contributed by atoms with E-state index in [1.165, 1.54) is 0 Å². The van der Waals surface area contributed by atoms with Crippen LogP contribution < -0.4 is 5.32 Å². The number of nitrogens with one attached hydrogen (secondary N) is 1. The number of hydrogen-bond donors (Lipinski definition) is 2. The van der Waals surface area contributed by atoms with Crippen LogP contribution in [-0.2, 0) is 6.42 Å². The number of aliphatic imine (C=N–C) groups is 1. The van der Waals surface area contributed by atoms with Crippen LogP contribution in [-0.4, -0.2) is 40.9 Å². The monoisotopic (exact) mass is 463 g/mol. The number of benzene rings is 2. The van der Waals surface area contributed by atoms with E-state index in [1.807, 2.05) is 18.2 Å². The van der Waals surface area contributed by atoms with Gasteiger partial charge in [-0.2, -0.15) is 0 Å². The SMILES string of the molecule is O=C(N[C@@H](CCO)Cc1ccccn1)c1ccccc1C1=NCC(c2ccc(Cl)cc2)=C1F. The van der Waals surface area contributed by atoms with Crippen molar-refractivity contribution in [3.05, 3.63) is 106 Å². The lowest BCUT2D eigenvalue weighted by Crippen LogP contribution is -2.38. The molecule has 3 aromatic rings. The van der Waals surface area contributed by atoms with Crippen molar-refractivity contribution in [2.45, 2.75) is 18.9 Å². The van der Waals surface area contributed by atoms with Gasteiger partial charge >= 0.3 is 0 Å². The molecule has 0 saturated heterocycles. The lowest BCUT2D eigenvalue weighted by atomic mass is 9.98. The van der Waals surface area contributed by atoms with Crippen molar-refractivity contribution in [1.82, 2.24) is 10.3 Å². The first-order valence-electron chi connectivity index (χ1n) is 10.7. The number of carbonyl (C=O) groups excluding carboxylic acids is 1. The van der Waals surface area contributed by atoms with Crippen molar-refractivity contribution in [3.8, 4) is 0 Å². The molecule has 5 nitrogen and oxygen atoms in total. The third-order valence-corrected chi connectivity index (χ3v) is 5.73. The summed E-state index contributed by atoms with van der Waals surface area (Å²) in [6.45, 7) is 0.111. The van der Waals surface area contributed by atoms with E-state index in [9.17, 15) is 9.90 Å². The summed E-state index contributed by atoms with van der Waals surface area (Å²) in [7, 11) is 0. The first-order valence-corrected chi connectivity index (χ1v) is 11.0. The Labute approximate surface area is 196 Å². The summed E-state index contributed by atoms with van der Waals surface area (Å²) in [4.78, 5) is 21.9. The average molecular weight is 464 g/mol. The molecule has 0 saturated carbocycles. The van der Waals surface area contributed by atoms with Gasteiger partial charge in [0.25, 0.3) is 5.91 Å². The molecule has 1 aromatic heterocycles. The molecule has 33 heavy (non-hydrogen) atoms. The van der Waals surface area contributed by atoms with Crippen LogP contribution in [0.4, 0.5) is 4.39 Å². The Morgan fingerprint density at radius 1 is 1.09 bits per heavy atom. The third kappa shape index (κ3) is 5.35. The van der Waals surface area contributed by atoms with E-state index in [0.29, 0.717) is 40.1 Å². The molecule has 1 amide bonds. The molecule has 0 bridgehead atoms. The summed E-state index contributed by atoms with van der Waals surface area (Å²) in [5, 5.41) is 13.0. The largest absolute Gasteiger partial charge is 0.396 e. The molecule has 0 spiro atoms. The molecular formula is C26H23ClFN3O2. The minimum absolute atomic E-state index is 0.0754. The number of aliphatic hydroxyl groups excluding tert-OH is 1. The lowest BCUT2D eigenvalue weighted by molar-refractivity contribution is 0.0930. The number of hydrogen-bond acceptors (Lipinski definition) is 4. The van der Waals surface area contributed by atoms with Gasteiger partial charge in [-0.15, -0.1) is 0 Å². The van der Waals surface area contributed by atoms with Gasteiger partial charge in [0.2, 0.25) is 0 Å². The number of nitrogens with zero attached hydrogens (tertiary/aromatic N) is 2. The van der Waals surface area contributed by atoms with Gasteiger partial charge in [-0.3, -0.25) is 14.8 Å². The number of halogens is 2. The number of allylic oxidation sites excluding steroid dienone is 1. The van der Waals surface area contributed by atoms with Crippen LogP contribution in [0, 0.1) is 0 Å². The van der Waals surface area contributed by atoms with Gasteiger partial charge in [-0.05, 0) is 42.3 Å². The maximum Gasteiger partial charge on any atom is 0.252 e.